The standard InChI is InChI=1S/C15H19BN2O/c16-11-5-3-4-10(8-11)13(17)9-14(18)12-6-1-2-7-15(12)19/h1-8,13-14,19H,9,16-18H2. The van der Waals surface area contributed by atoms with Gasteiger partial charge in [-0.3, -0.25) is 0 Å². The summed E-state index contributed by atoms with van der Waals surface area (Å²) in [5.74, 6) is 0.228. The van der Waals surface area contributed by atoms with Gasteiger partial charge in [0.05, 0.1) is 0 Å². The van der Waals surface area contributed by atoms with Crippen LogP contribution in [0.5, 0.6) is 5.75 Å². The highest BCUT2D eigenvalue weighted by Gasteiger charge is 2.15. The van der Waals surface area contributed by atoms with Gasteiger partial charge in [-0.05, 0) is 18.1 Å². The van der Waals surface area contributed by atoms with E-state index in [2.05, 4.69) is 6.07 Å². The van der Waals surface area contributed by atoms with Crippen molar-refractivity contribution in [3.05, 3.63) is 59.7 Å². The third kappa shape index (κ3) is 3.37. The van der Waals surface area contributed by atoms with Crippen molar-refractivity contribution in [2.24, 2.45) is 11.5 Å². The van der Waals surface area contributed by atoms with E-state index in [1.54, 1.807) is 12.1 Å². The maximum Gasteiger partial charge on any atom is 0.139 e. The van der Waals surface area contributed by atoms with Crippen molar-refractivity contribution in [1.82, 2.24) is 0 Å². The van der Waals surface area contributed by atoms with Crippen molar-refractivity contribution >= 4 is 13.3 Å². The minimum Gasteiger partial charge on any atom is -0.508 e. The Balaban J connectivity index is 2.11. The number of phenols is 1. The van der Waals surface area contributed by atoms with E-state index in [1.165, 1.54) is 5.46 Å². The SMILES string of the molecule is Bc1cccc(C(N)CC(N)c2ccccc2O)c1. The summed E-state index contributed by atoms with van der Waals surface area (Å²) in [7, 11) is 2.04. The summed E-state index contributed by atoms with van der Waals surface area (Å²) < 4.78 is 0. The van der Waals surface area contributed by atoms with E-state index < -0.39 is 0 Å². The highest BCUT2D eigenvalue weighted by Crippen LogP contribution is 2.28. The molecule has 0 bridgehead atoms. The molecule has 98 valence electrons. The molecule has 19 heavy (non-hydrogen) atoms. The second-order valence-electron chi connectivity index (χ2n) is 4.92. The summed E-state index contributed by atoms with van der Waals surface area (Å²) in [5, 5.41) is 9.79. The minimum absolute atomic E-state index is 0.130. The summed E-state index contributed by atoms with van der Waals surface area (Å²) >= 11 is 0. The summed E-state index contributed by atoms with van der Waals surface area (Å²) in [6, 6.07) is 14.9. The molecule has 3 nitrogen and oxygen atoms in total. The maximum absolute atomic E-state index is 9.79. The van der Waals surface area contributed by atoms with Crippen LogP contribution in [0.3, 0.4) is 0 Å². The van der Waals surface area contributed by atoms with Crippen molar-refractivity contribution in [3.63, 3.8) is 0 Å². The molecule has 0 heterocycles. The molecule has 0 amide bonds. The maximum atomic E-state index is 9.79. The number of phenolic OH excluding ortho intramolecular Hbond substituents is 1. The second kappa shape index (κ2) is 5.91. The highest BCUT2D eigenvalue weighted by molar-refractivity contribution is 6.32. The Morgan fingerprint density at radius 2 is 1.74 bits per heavy atom. The molecule has 0 aliphatic heterocycles. The largest absolute Gasteiger partial charge is 0.508 e. The first kappa shape index (κ1) is 13.7. The molecule has 0 aliphatic rings. The Kier molecular flexibility index (Phi) is 4.25. The van der Waals surface area contributed by atoms with E-state index >= 15 is 0 Å². The van der Waals surface area contributed by atoms with Gasteiger partial charge in [0.2, 0.25) is 0 Å². The zero-order valence-electron chi connectivity index (χ0n) is 11.1. The zero-order valence-corrected chi connectivity index (χ0v) is 11.1. The predicted molar refractivity (Wildman–Crippen MR) is 81.2 cm³/mol. The van der Waals surface area contributed by atoms with Crippen molar-refractivity contribution in [2.45, 2.75) is 18.5 Å². The first-order chi connectivity index (χ1) is 9.08. The lowest BCUT2D eigenvalue weighted by molar-refractivity contribution is 0.453. The number of rotatable bonds is 4. The molecule has 2 rings (SSSR count). The second-order valence-corrected chi connectivity index (χ2v) is 4.92. The summed E-state index contributed by atoms with van der Waals surface area (Å²) in [4.78, 5) is 0. The fourth-order valence-electron chi connectivity index (χ4n) is 2.24. The van der Waals surface area contributed by atoms with E-state index in [-0.39, 0.29) is 17.8 Å². The Hall–Kier alpha value is -1.78. The Morgan fingerprint density at radius 1 is 1.00 bits per heavy atom. The summed E-state index contributed by atoms with van der Waals surface area (Å²) in [5.41, 5.74) is 15.3. The van der Waals surface area contributed by atoms with Crippen LogP contribution in [0.25, 0.3) is 0 Å². The van der Waals surface area contributed by atoms with Crippen LogP contribution in [0, 0.1) is 0 Å². The third-order valence-electron chi connectivity index (χ3n) is 3.31. The van der Waals surface area contributed by atoms with Gasteiger partial charge in [-0.2, -0.15) is 0 Å². The monoisotopic (exact) mass is 254 g/mol. The Bertz CT molecular complexity index is 559. The molecule has 0 spiro atoms. The lowest BCUT2D eigenvalue weighted by Crippen LogP contribution is -2.20. The van der Waals surface area contributed by atoms with Gasteiger partial charge in [0.25, 0.3) is 0 Å². The van der Waals surface area contributed by atoms with Gasteiger partial charge in [0, 0.05) is 17.6 Å². The van der Waals surface area contributed by atoms with Crippen molar-refractivity contribution in [3.8, 4) is 5.75 Å². The van der Waals surface area contributed by atoms with E-state index in [4.69, 9.17) is 11.5 Å². The number of benzene rings is 2. The van der Waals surface area contributed by atoms with Crippen LogP contribution in [0.15, 0.2) is 48.5 Å². The molecule has 5 N–H and O–H groups in total. The normalized spacial score (nSPS) is 14.0. The fourth-order valence-corrected chi connectivity index (χ4v) is 2.24. The molecule has 0 saturated carbocycles. The average Bonchev–Trinajstić information content (AvgIpc) is 2.39. The van der Waals surface area contributed by atoms with Crippen LogP contribution >= 0.6 is 0 Å². The Morgan fingerprint density at radius 3 is 2.42 bits per heavy atom. The van der Waals surface area contributed by atoms with Crippen LogP contribution < -0.4 is 16.9 Å². The number of nitrogens with two attached hydrogens (primary N) is 2. The van der Waals surface area contributed by atoms with Crippen LogP contribution in [-0.2, 0) is 0 Å². The lowest BCUT2D eigenvalue weighted by atomic mass is 9.90. The number of para-hydroxylation sites is 1. The Labute approximate surface area is 114 Å². The molecule has 2 unspecified atom stereocenters. The van der Waals surface area contributed by atoms with Crippen molar-refractivity contribution in [1.29, 1.82) is 0 Å². The molecule has 2 aromatic rings. The molecule has 0 saturated heterocycles. The van der Waals surface area contributed by atoms with Gasteiger partial charge in [0.1, 0.15) is 13.6 Å². The van der Waals surface area contributed by atoms with E-state index in [9.17, 15) is 5.11 Å². The number of hydrogen-bond donors (Lipinski definition) is 3. The van der Waals surface area contributed by atoms with Gasteiger partial charge in [-0.25, -0.2) is 0 Å². The van der Waals surface area contributed by atoms with Crippen LogP contribution in [0.2, 0.25) is 0 Å². The van der Waals surface area contributed by atoms with Gasteiger partial charge >= 0.3 is 0 Å². The summed E-state index contributed by atoms with van der Waals surface area (Å²) in [6.07, 6.45) is 0.598. The van der Waals surface area contributed by atoms with Crippen molar-refractivity contribution in [2.75, 3.05) is 0 Å². The first-order valence-corrected chi connectivity index (χ1v) is 6.43. The van der Waals surface area contributed by atoms with Crippen molar-refractivity contribution < 1.29 is 5.11 Å². The first-order valence-electron chi connectivity index (χ1n) is 6.43. The van der Waals surface area contributed by atoms with Crippen LogP contribution in [0.1, 0.15) is 29.6 Å². The zero-order chi connectivity index (χ0) is 13.8. The number of hydrogen-bond acceptors (Lipinski definition) is 3. The van der Waals surface area contributed by atoms with Gasteiger partial charge in [-0.1, -0.05) is 47.9 Å². The van der Waals surface area contributed by atoms with Gasteiger partial charge in [0.15, 0.2) is 0 Å². The molecule has 2 atom stereocenters. The molecule has 0 aliphatic carbocycles. The molecule has 4 heteroatoms. The molecule has 0 aromatic heterocycles. The highest BCUT2D eigenvalue weighted by atomic mass is 16.3. The topological polar surface area (TPSA) is 72.3 Å². The number of aromatic hydroxyl groups is 1. The van der Waals surface area contributed by atoms with E-state index in [1.807, 2.05) is 38.2 Å². The third-order valence-corrected chi connectivity index (χ3v) is 3.31. The van der Waals surface area contributed by atoms with Gasteiger partial charge in [-0.15, -0.1) is 0 Å². The quantitative estimate of drug-likeness (QED) is 0.705. The fraction of sp³-hybridized carbons (Fsp3) is 0.200. The molecule has 0 radical (unpaired) electrons. The smallest absolute Gasteiger partial charge is 0.139 e. The van der Waals surface area contributed by atoms with Crippen LogP contribution in [-0.4, -0.2) is 13.0 Å². The lowest BCUT2D eigenvalue weighted by Gasteiger charge is -2.19. The van der Waals surface area contributed by atoms with Crippen LogP contribution in [0.4, 0.5) is 0 Å². The summed E-state index contributed by atoms with van der Waals surface area (Å²) in [6.45, 7) is 0. The van der Waals surface area contributed by atoms with Gasteiger partial charge < -0.3 is 16.6 Å². The molecular formula is C15H19BN2O. The molecule has 2 aromatic carbocycles. The predicted octanol–water partition coefficient (Wildman–Crippen LogP) is 0.740. The molecular weight excluding hydrogens is 235 g/mol. The van der Waals surface area contributed by atoms with E-state index in [0.717, 1.165) is 11.1 Å². The average molecular weight is 254 g/mol. The minimum atomic E-state index is -0.267. The molecule has 0 fully saturated rings. The van der Waals surface area contributed by atoms with E-state index in [0.29, 0.717) is 6.42 Å².